The molecule has 0 spiro atoms. The highest BCUT2D eigenvalue weighted by Crippen LogP contribution is 2.45. The minimum Gasteiger partial charge on any atom is -0.462 e. The molecule has 5 atom stereocenters. The fourth-order valence-electron chi connectivity index (χ4n) is 9.91. The van der Waals surface area contributed by atoms with Crippen LogP contribution in [-0.2, 0) is 65.4 Å². The Morgan fingerprint density at radius 1 is 0.300 bits per heavy atom. The lowest BCUT2D eigenvalue weighted by molar-refractivity contribution is -0.161. The van der Waals surface area contributed by atoms with Crippen molar-refractivity contribution < 1.29 is 80.2 Å². The molecule has 0 radical (unpaired) electrons. The van der Waals surface area contributed by atoms with Crippen molar-refractivity contribution in [1.82, 2.24) is 0 Å². The van der Waals surface area contributed by atoms with Gasteiger partial charge in [0.2, 0.25) is 0 Å². The maximum atomic E-state index is 13.1. The first-order chi connectivity index (χ1) is 48.7. The number of esters is 4. The number of carbonyl (C=O) groups is 4. The topological polar surface area (TPSA) is 237 Å². The van der Waals surface area contributed by atoms with Crippen LogP contribution in [0.3, 0.4) is 0 Å². The molecule has 5 unspecified atom stereocenters. The number of rotatable bonds is 71. The molecule has 0 aliphatic rings. The van der Waals surface area contributed by atoms with Gasteiger partial charge in [-0.3, -0.25) is 37.3 Å². The summed E-state index contributed by atoms with van der Waals surface area (Å²) < 4.78 is 68.4. The summed E-state index contributed by atoms with van der Waals surface area (Å²) in [6.45, 7) is 4.40. The van der Waals surface area contributed by atoms with E-state index in [1.807, 2.05) is 18.2 Å². The van der Waals surface area contributed by atoms with Gasteiger partial charge in [0.15, 0.2) is 12.2 Å². The van der Waals surface area contributed by atoms with E-state index in [0.29, 0.717) is 25.7 Å². The van der Waals surface area contributed by atoms with Gasteiger partial charge in [-0.2, -0.15) is 0 Å². The van der Waals surface area contributed by atoms with Crippen LogP contribution in [0, 0.1) is 0 Å². The van der Waals surface area contributed by atoms with Gasteiger partial charge in [0.1, 0.15) is 19.3 Å². The minimum absolute atomic E-state index is 0.0711. The Morgan fingerprint density at radius 2 is 0.560 bits per heavy atom. The number of ether oxygens (including phenoxy) is 4. The Hall–Kier alpha value is -4.80. The average Bonchev–Trinajstić information content (AvgIpc) is 1.07. The lowest BCUT2D eigenvalue weighted by atomic mass is 10.1. The molecular weight excluding hydrogens is 1310 g/mol. The van der Waals surface area contributed by atoms with Crippen molar-refractivity contribution in [1.29, 1.82) is 0 Å². The number of allylic oxidation sites excluding steroid dienone is 21. The van der Waals surface area contributed by atoms with E-state index in [4.69, 9.17) is 37.0 Å². The summed E-state index contributed by atoms with van der Waals surface area (Å²) in [5, 5.41) is 10.6. The van der Waals surface area contributed by atoms with Crippen molar-refractivity contribution in [3.63, 3.8) is 0 Å². The Kier molecular flexibility index (Phi) is 69.1. The standard InChI is InChI=1S/C81H136O17P2/c1-5-9-13-17-21-25-29-32-35-37-40-43-47-50-54-58-62-66-79(84)92-72-77(98-81(86)68-64-60-56-52-48-44-41-38-36-33-30-26-22-18-14-10-6-2)74-96-100(89,90)94-70-75(82)69-93-99(87,88)95-73-76(97-80(85)67-63-59-55-51-45-28-24-20-16-12-8-4)71-91-78(83)65-61-57-53-49-46-42-39-34-31-27-23-19-15-11-7-3/h9-11,13-15,21-23,25-27,32-36,39,46,49,57,61,75-77,82H,5-8,12,16-20,24,28-31,37-38,40-45,47-48,50-56,58-60,62-74H2,1-4H3,(H,87,88)(H,89,90)/b13-9-,14-10-,15-11-,25-21-,26-22-,27-23-,35-32-,36-33-,39-34-,49-46-,61-57-. The quantitative estimate of drug-likeness (QED) is 0.0169. The zero-order chi connectivity index (χ0) is 73.2. The molecule has 0 aromatic rings. The van der Waals surface area contributed by atoms with Crippen molar-refractivity contribution in [2.75, 3.05) is 39.6 Å². The number of phosphoric ester groups is 2. The SMILES string of the molecule is CC/C=C\C/C=C\C/C=C\C/C=C\C/C=C\CC(=O)OCC(COP(=O)(O)OCC(O)COP(=O)(O)OCC(COC(=O)CCCCCCCCC/C=C\C/C=C\C/C=C\CC)OC(=O)CCCCCCCCC/C=C\C/C=C\C/C=C\CC)OC(=O)CCCCCCCCCCCCC. The van der Waals surface area contributed by atoms with E-state index in [9.17, 15) is 43.2 Å². The van der Waals surface area contributed by atoms with E-state index in [1.165, 1.54) is 38.5 Å². The summed E-state index contributed by atoms with van der Waals surface area (Å²) in [6, 6.07) is 0. The molecule has 0 heterocycles. The van der Waals surface area contributed by atoms with Crippen LogP contribution in [0.2, 0.25) is 0 Å². The van der Waals surface area contributed by atoms with Crippen molar-refractivity contribution >= 4 is 39.5 Å². The summed E-state index contributed by atoms with van der Waals surface area (Å²) in [7, 11) is -9.98. The fraction of sp³-hybridized carbons (Fsp3) is 0.679. The van der Waals surface area contributed by atoms with Crippen LogP contribution in [0.1, 0.15) is 297 Å². The molecule has 0 aromatic carbocycles. The van der Waals surface area contributed by atoms with Crippen molar-refractivity contribution in [3.8, 4) is 0 Å². The third-order valence-electron chi connectivity index (χ3n) is 15.7. The third-order valence-corrected chi connectivity index (χ3v) is 17.6. The highest BCUT2D eigenvalue weighted by molar-refractivity contribution is 7.47. The monoisotopic (exact) mass is 1440 g/mol. The normalized spacial score (nSPS) is 14.7. The maximum Gasteiger partial charge on any atom is 0.472 e. The molecule has 0 aliphatic heterocycles. The molecule has 0 aromatic heterocycles. The largest absolute Gasteiger partial charge is 0.472 e. The summed E-state index contributed by atoms with van der Waals surface area (Å²) in [5.41, 5.74) is 0. The Morgan fingerprint density at radius 3 is 0.890 bits per heavy atom. The van der Waals surface area contributed by atoms with E-state index >= 15 is 0 Å². The second-order valence-corrected chi connectivity index (χ2v) is 28.1. The van der Waals surface area contributed by atoms with Gasteiger partial charge in [0.05, 0.1) is 32.8 Å². The minimum atomic E-state index is -4.99. The molecule has 0 rings (SSSR count). The van der Waals surface area contributed by atoms with Crippen molar-refractivity contribution in [2.45, 2.75) is 316 Å². The van der Waals surface area contributed by atoms with Crippen LogP contribution in [0.25, 0.3) is 0 Å². The van der Waals surface area contributed by atoms with Gasteiger partial charge in [-0.1, -0.05) is 290 Å². The number of aliphatic hydroxyl groups is 1. The van der Waals surface area contributed by atoms with Gasteiger partial charge in [-0.25, -0.2) is 9.13 Å². The van der Waals surface area contributed by atoms with Gasteiger partial charge < -0.3 is 33.8 Å². The molecule has 0 bridgehead atoms. The van der Waals surface area contributed by atoms with Gasteiger partial charge in [0.25, 0.3) is 0 Å². The maximum absolute atomic E-state index is 13.1. The van der Waals surface area contributed by atoms with Crippen LogP contribution in [-0.4, -0.2) is 96.7 Å². The van der Waals surface area contributed by atoms with Gasteiger partial charge in [-0.05, 0) is 116 Å². The Balaban J connectivity index is 5.40. The number of hydrogen-bond donors (Lipinski definition) is 3. The summed E-state index contributed by atoms with van der Waals surface area (Å²) >= 11 is 0. The first-order valence-electron chi connectivity index (χ1n) is 38.4. The van der Waals surface area contributed by atoms with Crippen LogP contribution in [0.4, 0.5) is 0 Å². The smallest absolute Gasteiger partial charge is 0.462 e. The molecule has 572 valence electrons. The number of unbranched alkanes of at least 4 members (excludes halogenated alkanes) is 24. The Labute approximate surface area is 605 Å². The predicted octanol–water partition coefficient (Wildman–Crippen LogP) is 22.1. The second kappa shape index (κ2) is 72.5. The molecule has 0 aliphatic carbocycles. The van der Waals surface area contributed by atoms with E-state index in [-0.39, 0.29) is 25.7 Å². The average molecular weight is 1440 g/mol. The van der Waals surface area contributed by atoms with E-state index in [0.717, 1.165) is 180 Å². The van der Waals surface area contributed by atoms with Crippen LogP contribution >= 0.6 is 15.6 Å². The highest BCUT2D eigenvalue weighted by atomic mass is 31.2. The molecule has 0 amide bonds. The number of carbonyl (C=O) groups excluding carboxylic acids is 4. The van der Waals surface area contributed by atoms with Gasteiger partial charge >= 0.3 is 39.5 Å². The van der Waals surface area contributed by atoms with Crippen molar-refractivity contribution in [3.05, 3.63) is 134 Å². The molecule has 17 nitrogen and oxygen atoms in total. The van der Waals surface area contributed by atoms with Crippen molar-refractivity contribution in [2.24, 2.45) is 0 Å². The Bertz CT molecular complexity index is 2420. The molecular formula is C81H136O17P2. The van der Waals surface area contributed by atoms with E-state index in [1.54, 1.807) is 6.08 Å². The highest BCUT2D eigenvalue weighted by Gasteiger charge is 2.30. The lowest BCUT2D eigenvalue weighted by Crippen LogP contribution is -2.30. The zero-order valence-electron chi connectivity index (χ0n) is 62.3. The van der Waals surface area contributed by atoms with Crippen LogP contribution < -0.4 is 0 Å². The summed E-state index contributed by atoms with van der Waals surface area (Å²) in [4.78, 5) is 72.8. The van der Waals surface area contributed by atoms with Crippen LogP contribution in [0.5, 0.6) is 0 Å². The van der Waals surface area contributed by atoms with E-state index < -0.39 is 97.5 Å². The molecule has 100 heavy (non-hydrogen) atoms. The molecule has 0 saturated carbocycles. The first kappa shape index (κ1) is 95.2. The summed E-state index contributed by atoms with van der Waals surface area (Å²) in [5.74, 6) is -2.34. The zero-order valence-corrected chi connectivity index (χ0v) is 64.1. The predicted molar refractivity (Wildman–Crippen MR) is 408 cm³/mol. The molecule has 0 fully saturated rings. The number of phosphoric acid groups is 2. The lowest BCUT2D eigenvalue weighted by Gasteiger charge is -2.21. The molecule has 3 N–H and O–H groups in total. The molecule has 19 heteroatoms. The van der Waals surface area contributed by atoms with Gasteiger partial charge in [-0.15, -0.1) is 0 Å². The van der Waals surface area contributed by atoms with E-state index in [2.05, 4.69) is 137 Å². The fourth-order valence-corrected chi connectivity index (χ4v) is 11.5. The summed E-state index contributed by atoms with van der Waals surface area (Å²) in [6.07, 6.45) is 80.4. The third kappa shape index (κ3) is 71.6. The second-order valence-electron chi connectivity index (χ2n) is 25.2. The number of aliphatic hydroxyl groups excluding tert-OH is 1. The van der Waals surface area contributed by atoms with Gasteiger partial charge in [0, 0.05) is 19.3 Å². The van der Waals surface area contributed by atoms with Crippen LogP contribution in [0.15, 0.2) is 134 Å². The number of hydrogen-bond acceptors (Lipinski definition) is 15. The first-order valence-corrected chi connectivity index (χ1v) is 41.4. The molecule has 0 saturated heterocycles.